The van der Waals surface area contributed by atoms with Gasteiger partial charge in [0.1, 0.15) is 11.8 Å². The van der Waals surface area contributed by atoms with Crippen molar-refractivity contribution < 1.29 is 28.1 Å². The molecule has 1 aromatic rings. The van der Waals surface area contributed by atoms with Gasteiger partial charge in [-0.15, -0.1) is 0 Å². The minimum atomic E-state index is -2.40. The zero-order valence-corrected chi connectivity index (χ0v) is 19.6. The number of aryl methyl sites for hydroxylation is 1. The third-order valence-corrected chi connectivity index (χ3v) is 6.38. The number of rotatable bonds is 8. The van der Waals surface area contributed by atoms with Gasteiger partial charge < -0.3 is 15.2 Å². The van der Waals surface area contributed by atoms with E-state index in [4.69, 9.17) is 16.1 Å². The minimum absolute atomic E-state index is 0.00557. The molecule has 13 heteroatoms. The van der Waals surface area contributed by atoms with Gasteiger partial charge in [0.2, 0.25) is 5.91 Å². The molecule has 2 unspecified atom stereocenters. The van der Waals surface area contributed by atoms with Crippen LogP contribution in [-0.2, 0) is 14.4 Å². The molecule has 4 amide bonds. The maximum absolute atomic E-state index is 13.5. The Labute approximate surface area is 185 Å². The van der Waals surface area contributed by atoms with Crippen LogP contribution in [-0.4, -0.2) is 66.6 Å². The number of hydrogen-bond acceptors (Lipinski definition) is 6. The molecule has 2 heterocycles. The fourth-order valence-electron chi connectivity index (χ4n) is 3.09. The van der Waals surface area contributed by atoms with Crippen molar-refractivity contribution in [1.82, 2.24) is 26.2 Å². The number of halogens is 2. The molecule has 1 aliphatic rings. The summed E-state index contributed by atoms with van der Waals surface area (Å²) in [5.41, 5.74) is -0.0555. The summed E-state index contributed by atoms with van der Waals surface area (Å²) in [6, 6.07) is 0.749. The average molecular weight is 476 g/mol. The van der Waals surface area contributed by atoms with Crippen LogP contribution in [0.4, 0.5) is 4.39 Å². The van der Waals surface area contributed by atoms with Crippen LogP contribution in [0.5, 0.6) is 0 Å². The molecular weight excluding hydrogens is 449 g/mol. The topological polar surface area (TPSA) is 134 Å². The SMILES string of the molecule is Cc1cc(C(=O)NC(C[Si](C)(C)C)C(=O)NN(C[C@H]2CCNC2=O)C(=O)C(F)Cl)no1. The highest BCUT2D eigenvalue weighted by atomic mass is 35.5. The lowest BCUT2D eigenvalue weighted by atomic mass is 10.1. The first-order valence-electron chi connectivity index (χ1n) is 9.79. The highest BCUT2D eigenvalue weighted by Gasteiger charge is 2.35. The Balaban J connectivity index is 2.17. The monoisotopic (exact) mass is 475 g/mol. The predicted octanol–water partition coefficient (Wildman–Crippen LogP) is 0.950. The van der Waals surface area contributed by atoms with Gasteiger partial charge in [-0.25, -0.2) is 9.40 Å². The van der Waals surface area contributed by atoms with Crippen LogP contribution in [0, 0.1) is 12.8 Å². The third-order valence-electron chi connectivity index (χ3n) is 4.56. The number of carbonyl (C=O) groups excluding carboxylic acids is 4. The summed E-state index contributed by atoms with van der Waals surface area (Å²) in [7, 11) is -1.88. The van der Waals surface area contributed by atoms with Crippen LogP contribution in [0.2, 0.25) is 25.7 Å². The van der Waals surface area contributed by atoms with Crippen molar-refractivity contribution in [3.05, 3.63) is 17.5 Å². The van der Waals surface area contributed by atoms with Crippen molar-refractivity contribution in [1.29, 1.82) is 0 Å². The van der Waals surface area contributed by atoms with E-state index in [9.17, 15) is 23.6 Å². The zero-order chi connectivity index (χ0) is 23.3. The Morgan fingerprint density at radius 3 is 2.58 bits per heavy atom. The smallest absolute Gasteiger partial charge is 0.291 e. The molecule has 0 aromatic carbocycles. The molecule has 0 aliphatic carbocycles. The number of hydrazine groups is 1. The number of carbonyl (C=O) groups is 4. The molecule has 31 heavy (non-hydrogen) atoms. The van der Waals surface area contributed by atoms with Crippen molar-refractivity contribution >= 4 is 43.3 Å². The van der Waals surface area contributed by atoms with E-state index in [0.29, 0.717) is 29.8 Å². The quantitative estimate of drug-likeness (QED) is 0.291. The fourth-order valence-corrected chi connectivity index (χ4v) is 4.72. The Morgan fingerprint density at radius 1 is 1.42 bits per heavy atom. The zero-order valence-electron chi connectivity index (χ0n) is 17.8. The number of amides is 4. The molecule has 10 nitrogen and oxygen atoms in total. The maximum Gasteiger partial charge on any atom is 0.291 e. The summed E-state index contributed by atoms with van der Waals surface area (Å²) in [5.74, 6) is -3.02. The average Bonchev–Trinajstić information content (AvgIpc) is 3.27. The van der Waals surface area contributed by atoms with Gasteiger partial charge in [-0.3, -0.25) is 24.6 Å². The molecule has 1 fully saturated rings. The second-order valence-electron chi connectivity index (χ2n) is 8.62. The highest BCUT2D eigenvalue weighted by Crippen LogP contribution is 2.15. The fraction of sp³-hybridized carbons (Fsp3) is 0.611. The molecule has 1 saturated heterocycles. The summed E-state index contributed by atoms with van der Waals surface area (Å²) in [6.45, 7) is 7.81. The lowest BCUT2D eigenvalue weighted by molar-refractivity contribution is -0.145. The second kappa shape index (κ2) is 10.2. The normalized spacial score (nSPS) is 18.1. The number of hydrogen-bond donors (Lipinski definition) is 3. The molecular formula is C18H27ClFN5O5Si. The summed E-state index contributed by atoms with van der Waals surface area (Å²) in [4.78, 5) is 49.5. The molecule has 3 N–H and O–H groups in total. The first kappa shape index (κ1) is 24.8. The molecule has 3 atom stereocenters. The lowest BCUT2D eigenvalue weighted by Gasteiger charge is -2.29. The van der Waals surface area contributed by atoms with Gasteiger partial charge in [0, 0.05) is 20.7 Å². The van der Waals surface area contributed by atoms with Crippen LogP contribution in [0.3, 0.4) is 0 Å². The van der Waals surface area contributed by atoms with Crippen molar-refractivity contribution in [2.45, 2.75) is 50.7 Å². The van der Waals surface area contributed by atoms with Crippen molar-refractivity contribution in [2.24, 2.45) is 5.92 Å². The summed E-state index contributed by atoms with van der Waals surface area (Å²) < 4.78 is 18.4. The largest absolute Gasteiger partial charge is 0.361 e. The van der Waals surface area contributed by atoms with Crippen LogP contribution in [0.1, 0.15) is 22.7 Å². The van der Waals surface area contributed by atoms with Gasteiger partial charge in [0.25, 0.3) is 23.4 Å². The number of aromatic nitrogens is 1. The molecule has 1 aromatic heterocycles. The Kier molecular flexibility index (Phi) is 8.18. The maximum atomic E-state index is 13.5. The standard InChI is InChI=1S/C18H27ClFN5O5Si/c1-10-7-12(24-30-10)16(27)22-13(9-31(2,3)4)17(28)23-25(18(29)14(19)20)8-11-5-6-21-15(11)26/h7,11,13-14H,5-6,8-9H2,1-4H3,(H,21,26)(H,22,27)(H,23,28)/t11-,13?,14?/m1/s1. The Bertz CT molecular complexity index is 844. The van der Waals surface area contributed by atoms with Crippen LogP contribution in [0.15, 0.2) is 10.6 Å². The lowest BCUT2D eigenvalue weighted by Crippen LogP contribution is -2.57. The first-order chi connectivity index (χ1) is 14.4. The number of alkyl halides is 2. The van der Waals surface area contributed by atoms with Gasteiger partial charge in [-0.2, -0.15) is 0 Å². The van der Waals surface area contributed by atoms with Crippen molar-refractivity contribution in [3.8, 4) is 0 Å². The molecule has 0 radical (unpaired) electrons. The van der Waals surface area contributed by atoms with Crippen LogP contribution >= 0.6 is 11.6 Å². The van der Waals surface area contributed by atoms with Gasteiger partial charge in [0.15, 0.2) is 5.69 Å². The van der Waals surface area contributed by atoms with Crippen molar-refractivity contribution in [3.63, 3.8) is 0 Å². The number of nitrogens with zero attached hydrogens (tertiary/aromatic N) is 2. The summed E-state index contributed by atoms with van der Waals surface area (Å²) in [6.07, 6.45) is 0.429. The predicted molar refractivity (Wildman–Crippen MR) is 112 cm³/mol. The Hall–Kier alpha value is -2.47. The van der Waals surface area contributed by atoms with E-state index in [2.05, 4.69) is 21.2 Å². The summed E-state index contributed by atoms with van der Waals surface area (Å²) in [5, 5.41) is 9.55. The van der Waals surface area contributed by atoms with E-state index >= 15 is 0 Å². The summed E-state index contributed by atoms with van der Waals surface area (Å²) >= 11 is 5.29. The van der Waals surface area contributed by atoms with Gasteiger partial charge >= 0.3 is 0 Å². The van der Waals surface area contributed by atoms with Gasteiger partial charge in [0.05, 0.1) is 12.5 Å². The van der Waals surface area contributed by atoms with Crippen molar-refractivity contribution in [2.75, 3.05) is 13.1 Å². The molecule has 0 spiro atoms. The molecule has 172 valence electrons. The van der Waals surface area contributed by atoms with Crippen LogP contribution < -0.4 is 16.1 Å². The van der Waals surface area contributed by atoms with Gasteiger partial charge in [-0.1, -0.05) is 36.4 Å². The van der Waals surface area contributed by atoms with E-state index in [1.807, 2.05) is 19.6 Å². The highest BCUT2D eigenvalue weighted by molar-refractivity contribution is 6.76. The van der Waals surface area contributed by atoms with E-state index in [-0.39, 0.29) is 18.1 Å². The molecule has 1 aliphatic heterocycles. The third kappa shape index (κ3) is 7.31. The van der Waals surface area contributed by atoms with Crippen LogP contribution in [0.25, 0.3) is 0 Å². The van der Waals surface area contributed by atoms with E-state index in [1.165, 1.54) is 6.07 Å². The molecule has 2 rings (SSSR count). The second-order valence-corrected chi connectivity index (χ2v) is 14.5. The van der Waals surface area contributed by atoms with E-state index in [1.54, 1.807) is 6.92 Å². The number of nitrogens with one attached hydrogen (secondary N) is 3. The first-order valence-corrected chi connectivity index (χ1v) is 13.9. The minimum Gasteiger partial charge on any atom is -0.361 e. The van der Waals surface area contributed by atoms with E-state index < -0.39 is 43.4 Å². The molecule has 0 saturated carbocycles. The molecule has 0 bridgehead atoms. The van der Waals surface area contributed by atoms with Gasteiger partial charge in [-0.05, 0) is 19.4 Å². The van der Waals surface area contributed by atoms with E-state index in [0.717, 1.165) is 0 Å². The Morgan fingerprint density at radius 2 is 2.10 bits per heavy atom.